The number of hydrogen-bond acceptors (Lipinski definition) is 3. The molecule has 1 heterocycles. The Bertz CT molecular complexity index is 560. The molecule has 1 N–H and O–H groups in total. The lowest BCUT2D eigenvalue weighted by Crippen LogP contribution is -2.04. The van der Waals surface area contributed by atoms with E-state index in [1.165, 1.54) is 12.1 Å². The molecule has 2 aromatic rings. The molecule has 106 valence electrons. The predicted molar refractivity (Wildman–Crippen MR) is 75.1 cm³/mol. The van der Waals surface area contributed by atoms with Crippen molar-refractivity contribution in [2.45, 2.75) is 25.9 Å². The number of ether oxygens (including phenoxy) is 1. The minimum atomic E-state index is -0.727. The quantitative estimate of drug-likeness (QED) is 0.879. The van der Waals surface area contributed by atoms with Crippen LogP contribution in [0.3, 0.4) is 0 Å². The van der Waals surface area contributed by atoms with Gasteiger partial charge in [0, 0.05) is 18.2 Å². The van der Waals surface area contributed by atoms with E-state index in [0.717, 1.165) is 12.0 Å². The van der Waals surface area contributed by atoms with Crippen LogP contribution in [0, 0.1) is 5.82 Å². The molecule has 0 saturated heterocycles. The third-order valence-electron chi connectivity index (χ3n) is 2.91. The second-order valence-corrected chi connectivity index (χ2v) is 4.65. The van der Waals surface area contributed by atoms with Gasteiger partial charge in [0.2, 0.25) is 0 Å². The van der Waals surface area contributed by atoms with Crippen LogP contribution in [0.1, 0.15) is 30.6 Å². The third-order valence-corrected chi connectivity index (χ3v) is 2.91. The molecule has 1 atom stereocenters. The molecule has 0 saturated carbocycles. The second kappa shape index (κ2) is 7.01. The largest absolute Gasteiger partial charge is 0.492 e. The lowest BCUT2D eigenvalue weighted by molar-refractivity contribution is 0.177. The molecular formula is C16H18FNO2. The first-order valence-corrected chi connectivity index (χ1v) is 6.69. The Kier molecular flexibility index (Phi) is 5.07. The molecule has 0 bridgehead atoms. The van der Waals surface area contributed by atoms with Gasteiger partial charge in [-0.2, -0.15) is 0 Å². The zero-order chi connectivity index (χ0) is 14.4. The summed E-state index contributed by atoms with van der Waals surface area (Å²) < 4.78 is 18.6. The highest BCUT2D eigenvalue weighted by Gasteiger charge is 2.10. The van der Waals surface area contributed by atoms with Crippen molar-refractivity contribution in [1.29, 1.82) is 0 Å². The number of pyridine rings is 1. The van der Waals surface area contributed by atoms with Gasteiger partial charge in [-0.1, -0.05) is 19.1 Å². The minimum Gasteiger partial charge on any atom is -0.492 e. The van der Waals surface area contributed by atoms with Gasteiger partial charge in [-0.15, -0.1) is 0 Å². The lowest BCUT2D eigenvalue weighted by atomic mass is 10.0. The zero-order valence-corrected chi connectivity index (χ0v) is 11.4. The first-order valence-electron chi connectivity index (χ1n) is 6.69. The van der Waals surface area contributed by atoms with Gasteiger partial charge in [0.25, 0.3) is 0 Å². The molecule has 0 amide bonds. The van der Waals surface area contributed by atoms with E-state index in [1.54, 1.807) is 30.6 Å². The molecule has 0 radical (unpaired) electrons. The van der Waals surface area contributed by atoms with Crippen molar-refractivity contribution in [2.75, 3.05) is 6.61 Å². The average Bonchev–Trinajstić information content (AvgIpc) is 2.45. The van der Waals surface area contributed by atoms with Crippen LogP contribution in [0.2, 0.25) is 0 Å². The molecule has 0 fully saturated rings. The van der Waals surface area contributed by atoms with Gasteiger partial charge < -0.3 is 9.84 Å². The SMILES string of the molecule is CCCOc1cncc(C(O)Cc2cccc(F)c2)c1. The van der Waals surface area contributed by atoms with E-state index in [0.29, 0.717) is 24.3 Å². The van der Waals surface area contributed by atoms with E-state index in [2.05, 4.69) is 4.98 Å². The van der Waals surface area contributed by atoms with Crippen molar-refractivity contribution >= 4 is 0 Å². The number of aliphatic hydroxyl groups excluding tert-OH is 1. The van der Waals surface area contributed by atoms with Gasteiger partial charge in [0.15, 0.2) is 0 Å². The normalized spacial score (nSPS) is 12.2. The van der Waals surface area contributed by atoms with Crippen molar-refractivity contribution in [3.05, 3.63) is 59.7 Å². The molecule has 4 heteroatoms. The Morgan fingerprint density at radius 1 is 1.30 bits per heavy atom. The number of aliphatic hydroxyl groups is 1. The molecule has 3 nitrogen and oxygen atoms in total. The smallest absolute Gasteiger partial charge is 0.137 e. The maximum Gasteiger partial charge on any atom is 0.137 e. The van der Waals surface area contributed by atoms with Gasteiger partial charge in [-0.3, -0.25) is 4.98 Å². The van der Waals surface area contributed by atoms with Gasteiger partial charge in [0.05, 0.1) is 18.9 Å². The summed E-state index contributed by atoms with van der Waals surface area (Å²) in [4.78, 5) is 4.06. The molecule has 2 rings (SSSR count). The fraction of sp³-hybridized carbons (Fsp3) is 0.312. The highest BCUT2D eigenvalue weighted by Crippen LogP contribution is 2.21. The molecule has 1 aromatic carbocycles. The van der Waals surface area contributed by atoms with Crippen molar-refractivity contribution < 1.29 is 14.2 Å². The predicted octanol–water partition coefficient (Wildman–Crippen LogP) is 3.29. The summed E-state index contributed by atoms with van der Waals surface area (Å²) in [7, 11) is 0. The zero-order valence-electron chi connectivity index (χ0n) is 11.4. The Hall–Kier alpha value is -1.94. The summed E-state index contributed by atoms with van der Waals surface area (Å²) in [6.07, 6.45) is 3.75. The van der Waals surface area contributed by atoms with Crippen molar-refractivity contribution in [2.24, 2.45) is 0 Å². The van der Waals surface area contributed by atoms with Crippen LogP contribution in [0.15, 0.2) is 42.7 Å². The van der Waals surface area contributed by atoms with Crippen molar-refractivity contribution in [3.8, 4) is 5.75 Å². The van der Waals surface area contributed by atoms with E-state index in [1.807, 2.05) is 6.92 Å². The standard InChI is InChI=1S/C16H18FNO2/c1-2-6-20-15-9-13(10-18-11-15)16(19)8-12-4-3-5-14(17)7-12/h3-5,7,9-11,16,19H,2,6,8H2,1H3. The maximum absolute atomic E-state index is 13.1. The summed E-state index contributed by atoms with van der Waals surface area (Å²) in [5.41, 5.74) is 1.42. The van der Waals surface area contributed by atoms with Gasteiger partial charge in [-0.25, -0.2) is 4.39 Å². The number of aromatic nitrogens is 1. The first-order chi connectivity index (χ1) is 9.69. The van der Waals surface area contributed by atoms with E-state index in [4.69, 9.17) is 4.74 Å². The van der Waals surface area contributed by atoms with Crippen molar-refractivity contribution in [3.63, 3.8) is 0 Å². The molecule has 20 heavy (non-hydrogen) atoms. The summed E-state index contributed by atoms with van der Waals surface area (Å²) in [6.45, 7) is 2.64. The number of benzene rings is 1. The van der Waals surface area contributed by atoms with E-state index < -0.39 is 6.10 Å². The number of rotatable bonds is 6. The summed E-state index contributed by atoms with van der Waals surface area (Å²) in [5.74, 6) is 0.343. The minimum absolute atomic E-state index is 0.298. The topological polar surface area (TPSA) is 42.4 Å². The van der Waals surface area contributed by atoms with E-state index in [-0.39, 0.29) is 5.82 Å². The highest BCUT2D eigenvalue weighted by molar-refractivity contribution is 5.27. The summed E-state index contributed by atoms with van der Waals surface area (Å²) >= 11 is 0. The average molecular weight is 275 g/mol. The van der Waals surface area contributed by atoms with Crippen LogP contribution in [0.5, 0.6) is 5.75 Å². The molecular weight excluding hydrogens is 257 g/mol. The van der Waals surface area contributed by atoms with Gasteiger partial charge in [-0.05, 0) is 30.2 Å². The first kappa shape index (κ1) is 14.5. The molecule has 0 aliphatic carbocycles. The van der Waals surface area contributed by atoms with E-state index >= 15 is 0 Å². The van der Waals surface area contributed by atoms with Crippen LogP contribution in [-0.4, -0.2) is 16.7 Å². The molecule has 0 aliphatic rings. The van der Waals surface area contributed by atoms with Crippen LogP contribution in [0.25, 0.3) is 0 Å². The Morgan fingerprint density at radius 3 is 2.90 bits per heavy atom. The Balaban J connectivity index is 2.06. The molecule has 1 unspecified atom stereocenters. The van der Waals surface area contributed by atoms with Crippen LogP contribution in [-0.2, 0) is 6.42 Å². The fourth-order valence-electron chi connectivity index (χ4n) is 1.92. The second-order valence-electron chi connectivity index (χ2n) is 4.65. The van der Waals surface area contributed by atoms with Crippen LogP contribution >= 0.6 is 0 Å². The lowest BCUT2D eigenvalue weighted by Gasteiger charge is -2.12. The molecule has 0 aliphatic heterocycles. The Morgan fingerprint density at radius 2 is 2.15 bits per heavy atom. The van der Waals surface area contributed by atoms with Gasteiger partial charge >= 0.3 is 0 Å². The highest BCUT2D eigenvalue weighted by atomic mass is 19.1. The number of nitrogens with zero attached hydrogens (tertiary/aromatic N) is 1. The fourth-order valence-corrected chi connectivity index (χ4v) is 1.92. The number of halogens is 1. The maximum atomic E-state index is 13.1. The number of hydrogen-bond donors (Lipinski definition) is 1. The molecule has 1 aromatic heterocycles. The summed E-state index contributed by atoms with van der Waals surface area (Å²) in [6, 6.07) is 8.00. The van der Waals surface area contributed by atoms with Crippen LogP contribution in [0.4, 0.5) is 4.39 Å². The third kappa shape index (κ3) is 4.03. The van der Waals surface area contributed by atoms with E-state index in [9.17, 15) is 9.50 Å². The van der Waals surface area contributed by atoms with Crippen molar-refractivity contribution in [1.82, 2.24) is 4.98 Å². The summed E-state index contributed by atoms with van der Waals surface area (Å²) in [5, 5.41) is 10.2. The Labute approximate surface area is 118 Å². The van der Waals surface area contributed by atoms with Crippen LogP contribution < -0.4 is 4.74 Å². The monoisotopic (exact) mass is 275 g/mol. The van der Waals surface area contributed by atoms with Gasteiger partial charge in [0.1, 0.15) is 11.6 Å². The molecule has 0 spiro atoms.